The maximum atomic E-state index is 15.7. The van der Waals surface area contributed by atoms with Gasteiger partial charge < -0.3 is 9.47 Å². The number of nitrogens with zero attached hydrogens (tertiary/aromatic N) is 1. The molecule has 14 heteroatoms. The van der Waals surface area contributed by atoms with Gasteiger partial charge in [-0.1, -0.05) is 21.6 Å². The van der Waals surface area contributed by atoms with E-state index < -0.39 is 49.3 Å². The van der Waals surface area contributed by atoms with E-state index in [2.05, 4.69) is 4.98 Å². The Morgan fingerprint density at radius 2 is 2.07 bits per heavy atom. The van der Waals surface area contributed by atoms with Crippen LogP contribution in [0.4, 0.5) is 4.39 Å². The van der Waals surface area contributed by atoms with E-state index >= 15 is 4.39 Å². The number of alkyl halides is 1. The first-order valence-corrected chi connectivity index (χ1v) is 12.7. The van der Waals surface area contributed by atoms with Gasteiger partial charge in [0, 0.05) is 30.9 Å². The number of hydrogen-bond acceptors (Lipinski definition) is 10. The summed E-state index contributed by atoms with van der Waals surface area (Å²) in [5.74, 6) is 1.14. The van der Waals surface area contributed by atoms with Gasteiger partial charge in [-0.15, -0.1) is 0 Å². The minimum Gasteiger partial charge on any atom is -0.378 e. The van der Waals surface area contributed by atoms with E-state index in [1.165, 1.54) is 14.0 Å². The van der Waals surface area contributed by atoms with Crippen molar-refractivity contribution in [2.45, 2.75) is 43.2 Å². The summed E-state index contributed by atoms with van der Waals surface area (Å²) in [5, 5.41) is 0. The molecule has 1 N–H and O–H groups in total. The molecule has 1 unspecified atom stereocenters. The number of phosphoric acid groups is 1. The monoisotopic (exact) mass is 470 g/mol. The Morgan fingerprint density at radius 3 is 2.76 bits per heavy atom. The number of ether oxygens (including phenoxy) is 2. The number of hydrogen-bond donors (Lipinski definition) is 1. The molecule has 3 aliphatic rings. The highest BCUT2D eigenvalue weighted by atomic mass is 33.1. The number of fused-ring (bicyclic) bond motifs is 1. The molecule has 162 valence electrons. The number of H-pyrrole nitrogens is 1. The molecule has 10 nitrogen and oxygen atoms in total. The van der Waals surface area contributed by atoms with Gasteiger partial charge in [0.1, 0.15) is 18.3 Å². The highest BCUT2D eigenvalue weighted by molar-refractivity contribution is 8.76. The highest BCUT2D eigenvalue weighted by Gasteiger charge is 2.62. The van der Waals surface area contributed by atoms with Crippen LogP contribution in [-0.4, -0.2) is 64.9 Å². The molecule has 7 atom stereocenters. The first-order chi connectivity index (χ1) is 13.7. The molecule has 4 heterocycles. The zero-order valence-electron chi connectivity index (χ0n) is 15.5. The van der Waals surface area contributed by atoms with E-state index in [4.69, 9.17) is 23.0 Å². The van der Waals surface area contributed by atoms with Gasteiger partial charge >= 0.3 is 13.5 Å². The zero-order valence-corrected chi connectivity index (χ0v) is 18.0. The lowest BCUT2D eigenvalue weighted by Gasteiger charge is -2.37. The largest absolute Gasteiger partial charge is 0.475 e. The molecule has 0 amide bonds. The lowest BCUT2D eigenvalue weighted by molar-refractivity contribution is -0.0824. The van der Waals surface area contributed by atoms with Crippen LogP contribution in [0.5, 0.6) is 0 Å². The van der Waals surface area contributed by atoms with Crippen LogP contribution < -0.4 is 11.2 Å². The molecule has 0 aromatic carbocycles. The normalized spacial score (nSPS) is 42.5. The van der Waals surface area contributed by atoms with Gasteiger partial charge in [-0.3, -0.25) is 27.9 Å². The number of methoxy groups -OCH3 is 1. The van der Waals surface area contributed by atoms with Crippen LogP contribution >= 0.6 is 29.4 Å². The van der Waals surface area contributed by atoms with Gasteiger partial charge in [0.05, 0.1) is 12.7 Å². The van der Waals surface area contributed by atoms with Gasteiger partial charge in [0.25, 0.3) is 5.56 Å². The van der Waals surface area contributed by atoms with E-state index in [-0.39, 0.29) is 12.7 Å². The van der Waals surface area contributed by atoms with E-state index in [1.54, 1.807) is 21.6 Å². The van der Waals surface area contributed by atoms with Crippen LogP contribution in [0.15, 0.2) is 21.9 Å². The minimum atomic E-state index is -4.09. The molecule has 0 saturated carbocycles. The van der Waals surface area contributed by atoms with Crippen molar-refractivity contribution in [1.29, 1.82) is 0 Å². The van der Waals surface area contributed by atoms with Crippen molar-refractivity contribution in [2.24, 2.45) is 0 Å². The van der Waals surface area contributed by atoms with Crippen molar-refractivity contribution in [3.63, 3.8) is 0 Å². The Balaban J connectivity index is 1.55. The molecule has 3 aliphatic heterocycles. The van der Waals surface area contributed by atoms with Crippen LogP contribution in [0, 0.1) is 0 Å². The lowest BCUT2D eigenvalue weighted by Crippen LogP contribution is -2.47. The number of rotatable bonds is 4. The summed E-state index contributed by atoms with van der Waals surface area (Å²) in [6.45, 7) is 0.947. The van der Waals surface area contributed by atoms with Gasteiger partial charge in [-0.25, -0.2) is 13.8 Å². The van der Waals surface area contributed by atoms with Gasteiger partial charge in [0.2, 0.25) is 0 Å². The summed E-state index contributed by atoms with van der Waals surface area (Å²) in [5.41, 5.74) is -3.69. The van der Waals surface area contributed by atoms with Crippen LogP contribution in [-0.2, 0) is 27.6 Å². The molecule has 3 saturated heterocycles. The van der Waals surface area contributed by atoms with Crippen molar-refractivity contribution in [1.82, 2.24) is 9.55 Å². The van der Waals surface area contributed by atoms with Crippen LogP contribution in [0.1, 0.15) is 13.2 Å². The summed E-state index contributed by atoms with van der Waals surface area (Å²) in [7, 11) is 0.595. The van der Waals surface area contributed by atoms with Crippen molar-refractivity contribution < 1.29 is 32.0 Å². The number of nitrogens with one attached hydrogen (secondary N) is 1. The summed E-state index contributed by atoms with van der Waals surface area (Å²) < 4.78 is 57.0. The highest BCUT2D eigenvalue weighted by Crippen LogP contribution is 2.60. The smallest absolute Gasteiger partial charge is 0.378 e. The van der Waals surface area contributed by atoms with Crippen LogP contribution in [0.3, 0.4) is 0 Å². The molecular formula is C15H20FN2O8PS2. The maximum absolute atomic E-state index is 15.7. The van der Waals surface area contributed by atoms with Crippen molar-refractivity contribution in [3.8, 4) is 0 Å². The second-order valence-electron chi connectivity index (χ2n) is 6.95. The molecule has 1 aromatic rings. The Bertz CT molecular complexity index is 926. The Kier molecular flexibility index (Phi) is 6.04. The van der Waals surface area contributed by atoms with E-state index in [1.807, 2.05) is 0 Å². The molecular weight excluding hydrogens is 450 g/mol. The quantitative estimate of drug-likeness (QED) is 0.512. The fourth-order valence-corrected chi connectivity index (χ4v) is 7.68. The Morgan fingerprint density at radius 1 is 1.34 bits per heavy atom. The number of halogens is 1. The Labute approximate surface area is 172 Å². The first kappa shape index (κ1) is 21.6. The number of aromatic amines is 1. The molecule has 3 fully saturated rings. The third kappa shape index (κ3) is 4.11. The van der Waals surface area contributed by atoms with E-state index in [9.17, 15) is 14.2 Å². The molecule has 0 radical (unpaired) electrons. The van der Waals surface area contributed by atoms with Gasteiger partial charge in [-0.05, 0) is 6.92 Å². The molecule has 1 aromatic heterocycles. The summed E-state index contributed by atoms with van der Waals surface area (Å²) in [6.07, 6.45) is -3.31. The minimum absolute atomic E-state index is 0.234. The molecule has 0 spiro atoms. The first-order valence-electron chi connectivity index (χ1n) is 8.78. The maximum Gasteiger partial charge on any atom is 0.475 e. The molecule has 0 aliphatic carbocycles. The SMILES string of the molecule is CO[C@@H]1CSSC[C@H]1OP1(=O)OC[C@H]2O[C@@H](n3ccc(=O)[nH]c3=O)[C@](C)(F)[C@@H]2O1. The van der Waals surface area contributed by atoms with Crippen molar-refractivity contribution >= 4 is 29.4 Å². The van der Waals surface area contributed by atoms with Gasteiger partial charge in [0.15, 0.2) is 11.9 Å². The third-order valence-corrected chi connectivity index (χ3v) is 8.85. The third-order valence-electron chi connectivity index (χ3n) is 4.95. The topological polar surface area (TPSA) is 118 Å². The number of phosphoric ester groups is 1. The van der Waals surface area contributed by atoms with Crippen LogP contribution in [0.25, 0.3) is 0 Å². The van der Waals surface area contributed by atoms with Crippen molar-refractivity contribution in [2.75, 3.05) is 25.2 Å². The average Bonchev–Trinajstić information content (AvgIpc) is 2.92. The second kappa shape index (κ2) is 8.12. The Hall–Kier alpha value is -0.660. The fraction of sp³-hybridized carbons (Fsp3) is 0.733. The van der Waals surface area contributed by atoms with E-state index in [0.717, 1.165) is 16.8 Å². The van der Waals surface area contributed by atoms with Crippen LogP contribution in [0.2, 0.25) is 0 Å². The summed E-state index contributed by atoms with van der Waals surface area (Å²) >= 11 is 0. The average molecular weight is 470 g/mol. The predicted octanol–water partition coefficient (Wildman–Crippen LogP) is 1.48. The van der Waals surface area contributed by atoms with Crippen molar-refractivity contribution in [3.05, 3.63) is 33.1 Å². The predicted molar refractivity (Wildman–Crippen MR) is 104 cm³/mol. The summed E-state index contributed by atoms with van der Waals surface area (Å²) in [4.78, 5) is 25.4. The van der Waals surface area contributed by atoms with E-state index in [0.29, 0.717) is 11.5 Å². The summed E-state index contributed by atoms with van der Waals surface area (Å²) in [6, 6.07) is 1.08. The molecule has 29 heavy (non-hydrogen) atoms. The fourth-order valence-electron chi connectivity index (χ4n) is 3.44. The number of aromatic nitrogens is 2. The molecule has 0 bridgehead atoms. The zero-order chi connectivity index (χ0) is 20.8. The molecule has 4 rings (SSSR count). The standard InChI is InChI=1S/C15H20FN2O8PS2/c1-15(16)12-8(24-13(15)18-4-3-11(19)17-14(18)20)5-23-27(21,26-12)25-10-7-29-28-6-9(10)22-2/h3-4,8-10,12-13H,5-7H2,1-2H3,(H,17,19,20)/t8-,9-,10-,12-,13-,15-,27?/m1/s1. The lowest BCUT2D eigenvalue weighted by atomic mass is 9.98. The second-order valence-corrected chi connectivity index (χ2v) is 11.1. The van der Waals surface area contributed by atoms with Gasteiger partial charge in [-0.2, -0.15) is 0 Å².